The number of rotatable bonds is 4. The van der Waals surface area contributed by atoms with Gasteiger partial charge in [-0.25, -0.2) is 9.59 Å². The maximum absolute atomic E-state index is 12.6. The number of esters is 1. The summed E-state index contributed by atoms with van der Waals surface area (Å²) < 4.78 is 10.7. The normalized spacial score (nSPS) is 13.3. The minimum Gasteiger partial charge on any atom is -0.457 e. The number of ether oxygens (including phenoxy) is 1. The first-order valence-electron chi connectivity index (χ1n) is 9.88. The zero-order valence-corrected chi connectivity index (χ0v) is 17.6. The summed E-state index contributed by atoms with van der Waals surface area (Å²) in [7, 11) is 1.39. The minimum absolute atomic E-state index is 0.134. The Labute approximate surface area is 178 Å². The van der Waals surface area contributed by atoms with Crippen LogP contribution in [0.2, 0.25) is 0 Å². The summed E-state index contributed by atoms with van der Waals surface area (Å²) in [6.07, 6.45) is 0. The highest BCUT2D eigenvalue weighted by Crippen LogP contribution is 2.28. The van der Waals surface area contributed by atoms with Gasteiger partial charge in [-0.1, -0.05) is 13.8 Å². The van der Waals surface area contributed by atoms with Gasteiger partial charge in [0, 0.05) is 24.1 Å². The number of benzene rings is 2. The fourth-order valence-corrected chi connectivity index (χ4v) is 3.85. The fraction of sp³-hybridized carbons (Fsp3) is 0.250. The second kappa shape index (κ2) is 7.50. The van der Waals surface area contributed by atoms with Crippen LogP contribution in [0.5, 0.6) is 0 Å². The Morgan fingerprint density at radius 1 is 1.03 bits per heavy atom. The number of nitrogens with zero attached hydrogens (tertiary/aromatic N) is 1. The molecule has 0 bridgehead atoms. The lowest BCUT2D eigenvalue weighted by Crippen LogP contribution is -2.24. The van der Waals surface area contributed by atoms with Crippen molar-refractivity contribution in [2.75, 3.05) is 7.05 Å². The molecule has 0 atom stereocenters. The number of aryl methyl sites for hydroxylation is 1. The number of amides is 2. The van der Waals surface area contributed by atoms with Gasteiger partial charge in [-0.15, -0.1) is 0 Å². The van der Waals surface area contributed by atoms with Crippen molar-refractivity contribution in [3.8, 4) is 0 Å². The number of carbonyl (C=O) groups excluding carboxylic acids is 3. The van der Waals surface area contributed by atoms with Gasteiger partial charge < -0.3 is 9.15 Å². The molecule has 2 aromatic carbocycles. The summed E-state index contributed by atoms with van der Waals surface area (Å²) in [5.41, 5.74) is 3.15. The monoisotopic (exact) mass is 419 g/mol. The quantitative estimate of drug-likeness (QED) is 0.363. The largest absolute Gasteiger partial charge is 0.457 e. The van der Waals surface area contributed by atoms with Crippen LogP contribution in [0.1, 0.15) is 67.5 Å². The highest BCUT2D eigenvalue weighted by Gasteiger charge is 2.33. The molecule has 0 aliphatic carbocycles. The molecule has 0 radical (unpaired) electrons. The molecule has 4 rings (SSSR count). The fourth-order valence-electron chi connectivity index (χ4n) is 3.85. The van der Waals surface area contributed by atoms with Crippen molar-refractivity contribution in [2.45, 2.75) is 33.3 Å². The second-order valence-corrected chi connectivity index (χ2v) is 7.96. The summed E-state index contributed by atoms with van der Waals surface area (Å²) in [6.45, 7) is 5.97. The van der Waals surface area contributed by atoms with Crippen LogP contribution in [0, 0.1) is 6.92 Å². The Morgan fingerprint density at radius 2 is 1.74 bits per heavy atom. The summed E-state index contributed by atoms with van der Waals surface area (Å²) in [5.74, 6) is -1.25. The van der Waals surface area contributed by atoms with E-state index in [1.54, 1.807) is 0 Å². The summed E-state index contributed by atoms with van der Waals surface area (Å²) >= 11 is 0. The van der Waals surface area contributed by atoms with E-state index < -0.39 is 23.4 Å². The molecule has 2 amide bonds. The van der Waals surface area contributed by atoms with E-state index >= 15 is 0 Å². The van der Waals surface area contributed by atoms with E-state index in [0.717, 1.165) is 16.0 Å². The van der Waals surface area contributed by atoms with Crippen LogP contribution in [0.4, 0.5) is 0 Å². The Bertz CT molecular complexity index is 1320. The first kappa shape index (κ1) is 20.5. The van der Waals surface area contributed by atoms with Crippen LogP contribution in [0.25, 0.3) is 11.0 Å². The molecule has 1 aliphatic rings. The van der Waals surface area contributed by atoms with Crippen molar-refractivity contribution in [1.82, 2.24) is 4.90 Å². The van der Waals surface area contributed by atoms with Crippen molar-refractivity contribution in [2.24, 2.45) is 0 Å². The van der Waals surface area contributed by atoms with Gasteiger partial charge in [-0.2, -0.15) is 0 Å². The Morgan fingerprint density at radius 3 is 2.45 bits per heavy atom. The summed E-state index contributed by atoms with van der Waals surface area (Å²) in [5, 5.41) is 0.707. The van der Waals surface area contributed by atoms with Gasteiger partial charge in [0.25, 0.3) is 11.8 Å². The number of fused-ring (bicyclic) bond motifs is 2. The van der Waals surface area contributed by atoms with Gasteiger partial charge >= 0.3 is 11.6 Å². The molecule has 0 spiro atoms. The highest BCUT2D eigenvalue weighted by atomic mass is 16.5. The molecule has 7 heteroatoms. The van der Waals surface area contributed by atoms with E-state index in [0.29, 0.717) is 16.5 Å². The van der Waals surface area contributed by atoms with Gasteiger partial charge in [-0.05, 0) is 54.3 Å². The molecule has 7 nitrogen and oxygen atoms in total. The number of hydrogen-bond donors (Lipinski definition) is 0. The lowest BCUT2D eigenvalue weighted by Gasteiger charge is -2.13. The number of imide groups is 1. The SMILES string of the molecule is Cc1cc2oc(=O)cc(COC(=O)c3ccc4c(c3)C(=O)N(C)C4=O)c2cc1C(C)C. The first-order valence-corrected chi connectivity index (χ1v) is 9.88. The number of carbonyl (C=O) groups is 3. The molecule has 31 heavy (non-hydrogen) atoms. The molecule has 2 heterocycles. The standard InChI is InChI=1S/C24H21NO6/c1-12(2)17-10-18-15(9-21(26)31-20(18)7-13(17)3)11-30-24(29)14-5-6-16-19(8-14)23(28)25(4)22(16)27/h5-10,12H,11H2,1-4H3. The molecular weight excluding hydrogens is 398 g/mol. The molecule has 0 N–H and O–H groups in total. The van der Waals surface area contributed by atoms with E-state index in [1.807, 2.05) is 19.1 Å². The van der Waals surface area contributed by atoms with Crippen LogP contribution in [-0.4, -0.2) is 29.7 Å². The van der Waals surface area contributed by atoms with E-state index in [1.165, 1.54) is 31.3 Å². The van der Waals surface area contributed by atoms with Crippen LogP contribution in [0.3, 0.4) is 0 Å². The van der Waals surface area contributed by atoms with Gasteiger partial charge in [0.15, 0.2) is 0 Å². The third-order valence-corrected chi connectivity index (χ3v) is 5.52. The highest BCUT2D eigenvalue weighted by molar-refractivity contribution is 6.21. The summed E-state index contributed by atoms with van der Waals surface area (Å²) in [6, 6.07) is 9.34. The molecule has 0 saturated heterocycles. The molecule has 3 aromatic rings. The van der Waals surface area contributed by atoms with Crippen LogP contribution < -0.4 is 5.63 Å². The molecule has 158 valence electrons. The average molecular weight is 419 g/mol. The van der Waals surface area contributed by atoms with E-state index in [9.17, 15) is 19.2 Å². The van der Waals surface area contributed by atoms with E-state index in [2.05, 4.69) is 13.8 Å². The van der Waals surface area contributed by atoms with Crippen molar-refractivity contribution in [3.05, 3.63) is 80.2 Å². The predicted octanol–water partition coefficient (Wildman–Crippen LogP) is 3.81. The van der Waals surface area contributed by atoms with E-state index in [4.69, 9.17) is 9.15 Å². The lowest BCUT2D eigenvalue weighted by molar-refractivity contribution is 0.0473. The van der Waals surface area contributed by atoms with Crippen molar-refractivity contribution < 1.29 is 23.5 Å². The first-order chi connectivity index (χ1) is 14.7. The molecule has 0 fully saturated rings. The van der Waals surface area contributed by atoms with Gasteiger partial charge in [-0.3, -0.25) is 14.5 Å². The molecule has 1 aliphatic heterocycles. The zero-order valence-electron chi connectivity index (χ0n) is 17.6. The maximum Gasteiger partial charge on any atom is 0.338 e. The van der Waals surface area contributed by atoms with Crippen LogP contribution >= 0.6 is 0 Å². The van der Waals surface area contributed by atoms with Gasteiger partial charge in [0.2, 0.25) is 0 Å². The molecule has 0 saturated carbocycles. The summed E-state index contributed by atoms with van der Waals surface area (Å²) in [4.78, 5) is 49.8. The Kier molecular flexibility index (Phi) is 4.97. The molecular formula is C24H21NO6. The predicted molar refractivity (Wildman–Crippen MR) is 113 cm³/mol. The Hall–Kier alpha value is -3.74. The molecule has 1 aromatic heterocycles. The lowest BCUT2D eigenvalue weighted by atomic mass is 9.95. The van der Waals surface area contributed by atoms with Crippen LogP contribution in [0.15, 0.2) is 45.6 Å². The third-order valence-electron chi connectivity index (χ3n) is 5.52. The van der Waals surface area contributed by atoms with Crippen molar-refractivity contribution in [1.29, 1.82) is 0 Å². The minimum atomic E-state index is -0.657. The van der Waals surface area contributed by atoms with E-state index in [-0.39, 0.29) is 29.2 Å². The average Bonchev–Trinajstić information content (AvgIpc) is 2.94. The van der Waals surface area contributed by atoms with Crippen molar-refractivity contribution >= 4 is 28.8 Å². The third kappa shape index (κ3) is 3.52. The van der Waals surface area contributed by atoms with Crippen molar-refractivity contribution in [3.63, 3.8) is 0 Å². The van der Waals surface area contributed by atoms with Crippen LogP contribution in [-0.2, 0) is 11.3 Å². The number of hydrogen-bond acceptors (Lipinski definition) is 6. The smallest absolute Gasteiger partial charge is 0.338 e. The van der Waals surface area contributed by atoms with Gasteiger partial charge in [0.1, 0.15) is 12.2 Å². The second-order valence-electron chi connectivity index (χ2n) is 7.96. The Balaban J connectivity index is 1.63. The topological polar surface area (TPSA) is 93.9 Å². The maximum atomic E-state index is 12.6. The zero-order chi connectivity index (χ0) is 22.4. The van der Waals surface area contributed by atoms with Gasteiger partial charge in [0.05, 0.1) is 16.7 Å². The molecule has 0 unspecified atom stereocenters.